The molecule has 1 saturated heterocycles. The topological polar surface area (TPSA) is 48.4 Å². The van der Waals surface area contributed by atoms with E-state index >= 15 is 0 Å². The fourth-order valence-corrected chi connectivity index (χ4v) is 2.71. The number of aliphatic hydroxyl groups excluding tert-OH is 1. The first kappa shape index (κ1) is 15.3. The Bertz CT molecular complexity index is 386. The van der Waals surface area contributed by atoms with Gasteiger partial charge in [0.1, 0.15) is 0 Å². The molecule has 1 aliphatic rings. The van der Waals surface area contributed by atoms with E-state index in [1.165, 1.54) is 18.5 Å². The van der Waals surface area contributed by atoms with Gasteiger partial charge in [0, 0.05) is 50.4 Å². The molecule has 0 unspecified atom stereocenters. The summed E-state index contributed by atoms with van der Waals surface area (Å²) in [7, 11) is 0. The standard InChI is InChI=1S/C16H27N3O/c1-16(2,7-12-20)13-18-14-5-10-19(11-6-14)15-3-8-17-9-4-15/h3-4,8-9,14,18,20H,5-7,10-13H2,1-2H3. The highest BCUT2D eigenvalue weighted by Gasteiger charge is 2.22. The van der Waals surface area contributed by atoms with Crippen molar-refractivity contribution in [3.8, 4) is 0 Å². The van der Waals surface area contributed by atoms with Crippen molar-refractivity contribution < 1.29 is 5.11 Å². The lowest BCUT2D eigenvalue weighted by Gasteiger charge is -2.35. The van der Waals surface area contributed by atoms with E-state index in [0.29, 0.717) is 6.04 Å². The van der Waals surface area contributed by atoms with Crippen molar-refractivity contribution in [1.82, 2.24) is 10.3 Å². The van der Waals surface area contributed by atoms with Crippen molar-refractivity contribution in [2.24, 2.45) is 5.41 Å². The van der Waals surface area contributed by atoms with Crippen LogP contribution in [0, 0.1) is 5.41 Å². The van der Waals surface area contributed by atoms with Gasteiger partial charge in [-0.1, -0.05) is 13.8 Å². The Morgan fingerprint density at radius 1 is 1.30 bits per heavy atom. The third-order valence-electron chi connectivity index (χ3n) is 4.18. The number of anilines is 1. The Morgan fingerprint density at radius 2 is 1.95 bits per heavy atom. The van der Waals surface area contributed by atoms with Crippen LogP contribution in [0.1, 0.15) is 33.1 Å². The van der Waals surface area contributed by atoms with Crippen molar-refractivity contribution in [1.29, 1.82) is 0 Å². The fraction of sp³-hybridized carbons (Fsp3) is 0.688. The molecule has 4 nitrogen and oxygen atoms in total. The van der Waals surface area contributed by atoms with Gasteiger partial charge in [-0.25, -0.2) is 0 Å². The zero-order valence-electron chi connectivity index (χ0n) is 12.7. The summed E-state index contributed by atoms with van der Waals surface area (Å²) in [6, 6.07) is 4.77. The molecule has 20 heavy (non-hydrogen) atoms. The summed E-state index contributed by atoms with van der Waals surface area (Å²) in [6.07, 6.45) is 6.93. The second-order valence-corrected chi connectivity index (χ2v) is 6.49. The minimum absolute atomic E-state index is 0.178. The Balaban J connectivity index is 1.75. The molecule has 0 amide bonds. The minimum Gasteiger partial charge on any atom is -0.396 e. The lowest BCUT2D eigenvalue weighted by Crippen LogP contribution is -2.45. The molecule has 2 N–H and O–H groups in total. The number of nitrogens with zero attached hydrogens (tertiary/aromatic N) is 2. The van der Waals surface area contributed by atoms with Crippen LogP contribution < -0.4 is 10.2 Å². The third-order valence-corrected chi connectivity index (χ3v) is 4.18. The van der Waals surface area contributed by atoms with Gasteiger partial charge in [-0.2, -0.15) is 0 Å². The lowest BCUT2D eigenvalue weighted by atomic mass is 9.89. The van der Waals surface area contributed by atoms with E-state index in [9.17, 15) is 0 Å². The highest BCUT2D eigenvalue weighted by atomic mass is 16.3. The molecule has 0 saturated carbocycles. The molecule has 0 radical (unpaired) electrons. The van der Waals surface area contributed by atoms with Crippen LogP contribution in [-0.4, -0.2) is 42.4 Å². The number of aliphatic hydroxyl groups is 1. The van der Waals surface area contributed by atoms with E-state index in [0.717, 1.165) is 26.1 Å². The summed E-state index contributed by atoms with van der Waals surface area (Å²) >= 11 is 0. The van der Waals surface area contributed by atoms with E-state index < -0.39 is 0 Å². The third kappa shape index (κ3) is 4.46. The van der Waals surface area contributed by atoms with Crippen molar-refractivity contribution in [2.75, 3.05) is 31.1 Å². The second kappa shape index (κ2) is 7.04. The van der Waals surface area contributed by atoms with E-state index in [1.54, 1.807) is 0 Å². The predicted molar refractivity (Wildman–Crippen MR) is 83.0 cm³/mol. The molecule has 0 aliphatic carbocycles. The molecule has 112 valence electrons. The van der Waals surface area contributed by atoms with Gasteiger partial charge in [0.15, 0.2) is 0 Å². The number of hydrogen-bond acceptors (Lipinski definition) is 4. The van der Waals surface area contributed by atoms with Crippen molar-refractivity contribution in [3.05, 3.63) is 24.5 Å². The van der Waals surface area contributed by atoms with Crippen LogP contribution >= 0.6 is 0 Å². The normalized spacial score (nSPS) is 17.4. The maximum Gasteiger partial charge on any atom is 0.0436 e. The van der Waals surface area contributed by atoms with Crippen LogP contribution in [0.4, 0.5) is 5.69 Å². The first-order valence-corrected chi connectivity index (χ1v) is 7.60. The van der Waals surface area contributed by atoms with Crippen LogP contribution in [0.3, 0.4) is 0 Å². The molecular formula is C16H27N3O. The van der Waals surface area contributed by atoms with Crippen LogP contribution in [0.15, 0.2) is 24.5 Å². The van der Waals surface area contributed by atoms with Crippen molar-refractivity contribution in [2.45, 2.75) is 39.2 Å². The Morgan fingerprint density at radius 3 is 2.55 bits per heavy atom. The zero-order valence-corrected chi connectivity index (χ0v) is 12.7. The molecular weight excluding hydrogens is 250 g/mol. The van der Waals surface area contributed by atoms with Crippen LogP contribution in [0.2, 0.25) is 0 Å². The van der Waals surface area contributed by atoms with E-state index in [1.807, 2.05) is 12.4 Å². The first-order valence-electron chi connectivity index (χ1n) is 7.60. The maximum absolute atomic E-state index is 9.06. The smallest absolute Gasteiger partial charge is 0.0436 e. The van der Waals surface area contributed by atoms with Gasteiger partial charge in [0.05, 0.1) is 0 Å². The highest BCUT2D eigenvalue weighted by Crippen LogP contribution is 2.21. The Hall–Kier alpha value is -1.13. The molecule has 1 fully saturated rings. The number of rotatable bonds is 6. The summed E-state index contributed by atoms with van der Waals surface area (Å²) in [4.78, 5) is 6.50. The lowest BCUT2D eigenvalue weighted by molar-refractivity contribution is 0.200. The van der Waals surface area contributed by atoms with E-state index in [2.05, 4.69) is 41.2 Å². The molecule has 0 aromatic carbocycles. The average Bonchev–Trinajstić information content (AvgIpc) is 2.47. The van der Waals surface area contributed by atoms with Gasteiger partial charge in [0.25, 0.3) is 0 Å². The summed E-state index contributed by atoms with van der Waals surface area (Å²) in [5, 5.41) is 12.7. The van der Waals surface area contributed by atoms with Gasteiger partial charge in [-0.15, -0.1) is 0 Å². The van der Waals surface area contributed by atoms with Gasteiger partial charge in [0.2, 0.25) is 0 Å². The summed E-state index contributed by atoms with van der Waals surface area (Å²) in [5.74, 6) is 0. The van der Waals surface area contributed by atoms with Crippen LogP contribution in [0.5, 0.6) is 0 Å². The molecule has 4 heteroatoms. The van der Waals surface area contributed by atoms with E-state index in [-0.39, 0.29) is 12.0 Å². The van der Waals surface area contributed by atoms with Crippen LogP contribution in [-0.2, 0) is 0 Å². The predicted octanol–water partition coefficient (Wildman–Crippen LogP) is 2.05. The number of pyridine rings is 1. The quantitative estimate of drug-likeness (QED) is 0.835. The number of nitrogens with one attached hydrogen (secondary N) is 1. The molecule has 1 aromatic rings. The molecule has 2 rings (SSSR count). The molecule has 1 aromatic heterocycles. The zero-order chi connectivity index (χ0) is 14.4. The van der Waals surface area contributed by atoms with Crippen molar-refractivity contribution >= 4 is 5.69 Å². The van der Waals surface area contributed by atoms with Crippen LogP contribution in [0.25, 0.3) is 0 Å². The van der Waals surface area contributed by atoms with Gasteiger partial charge < -0.3 is 15.3 Å². The van der Waals surface area contributed by atoms with Gasteiger partial charge in [-0.3, -0.25) is 4.98 Å². The second-order valence-electron chi connectivity index (χ2n) is 6.49. The minimum atomic E-state index is 0.178. The van der Waals surface area contributed by atoms with E-state index in [4.69, 9.17) is 5.11 Å². The average molecular weight is 277 g/mol. The van der Waals surface area contributed by atoms with Gasteiger partial charge >= 0.3 is 0 Å². The molecule has 0 atom stereocenters. The number of piperidine rings is 1. The summed E-state index contributed by atoms with van der Waals surface area (Å²) in [6.45, 7) is 7.87. The van der Waals surface area contributed by atoms with Crippen molar-refractivity contribution in [3.63, 3.8) is 0 Å². The molecule has 0 bridgehead atoms. The monoisotopic (exact) mass is 277 g/mol. The number of aromatic nitrogens is 1. The van der Waals surface area contributed by atoms with Gasteiger partial charge in [-0.05, 0) is 36.8 Å². The summed E-state index contributed by atoms with van der Waals surface area (Å²) in [5.41, 5.74) is 1.45. The highest BCUT2D eigenvalue weighted by molar-refractivity contribution is 5.44. The maximum atomic E-state index is 9.06. The summed E-state index contributed by atoms with van der Waals surface area (Å²) < 4.78 is 0. The Labute approximate surface area is 122 Å². The number of hydrogen-bond donors (Lipinski definition) is 2. The SMILES string of the molecule is CC(C)(CCO)CNC1CCN(c2ccncc2)CC1. The molecule has 0 spiro atoms. The largest absolute Gasteiger partial charge is 0.396 e. The Kier molecular flexibility index (Phi) is 5.38. The molecule has 2 heterocycles. The molecule has 1 aliphatic heterocycles. The fourth-order valence-electron chi connectivity index (χ4n) is 2.71. The first-order chi connectivity index (χ1) is 9.61.